The fourth-order valence-corrected chi connectivity index (χ4v) is 4.68. The van der Waals surface area contributed by atoms with E-state index in [-0.39, 0.29) is 24.6 Å². The van der Waals surface area contributed by atoms with E-state index in [2.05, 4.69) is 10.1 Å². The lowest BCUT2D eigenvalue weighted by molar-refractivity contribution is 0.250. The number of halogens is 2. The van der Waals surface area contributed by atoms with Crippen LogP contribution < -0.4 is 19.3 Å². The molecule has 2 aliphatic heterocycles. The number of carbonyl (C=O) groups is 1. The van der Waals surface area contributed by atoms with Crippen molar-refractivity contribution in [3.05, 3.63) is 71.3 Å². The van der Waals surface area contributed by atoms with E-state index in [1.54, 1.807) is 10.9 Å². The highest BCUT2D eigenvalue weighted by Crippen LogP contribution is 2.41. The van der Waals surface area contributed by atoms with Crippen LogP contribution in [-0.2, 0) is 13.6 Å². The molecule has 11 heteroatoms. The van der Waals surface area contributed by atoms with Crippen molar-refractivity contribution < 1.29 is 23.0 Å². The summed E-state index contributed by atoms with van der Waals surface area (Å²) >= 11 is 0. The standard InChI is InChI=1S/C27H28F2N6O3/c1-16-19(15-33(3)31-16)20-10-21-18(12-30-20)14-35(26-24(28)22(37-4)11-23(38-5)25(26)29)27(36)34(21)13-17-6-8-32(2)9-7-17/h6-8,10-12,15H,9,13-14H2,1-5H3. The molecule has 3 aromatic rings. The summed E-state index contributed by atoms with van der Waals surface area (Å²) in [5, 5.41) is 4.40. The molecule has 9 nitrogen and oxygen atoms in total. The van der Waals surface area contributed by atoms with Gasteiger partial charge in [-0.15, -0.1) is 0 Å². The summed E-state index contributed by atoms with van der Waals surface area (Å²) in [7, 11) is 6.31. The van der Waals surface area contributed by atoms with Crippen LogP contribution in [0.4, 0.5) is 25.0 Å². The maximum Gasteiger partial charge on any atom is 0.329 e. The first-order chi connectivity index (χ1) is 18.2. The van der Waals surface area contributed by atoms with E-state index < -0.39 is 23.4 Å². The van der Waals surface area contributed by atoms with Crippen LogP contribution in [0.5, 0.6) is 11.5 Å². The number of rotatable bonds is 6. The molecule has 5 rings (SSSR count). The van der Waals surface area contributed by atoms with Gasteiger partial charge in [-0.3, -0.25) is 19.5 Å². The van der Waals surface area contributed by atoms with Crippen LogP contribution in [0.15, 0.2) is 48.5 Å². The van der Waals surface area contributed by atoms with E-state index in [4.69, 9.17) is 9.47 Å². The lowest BCUT2D eigenvalue weighted by Gasteiger charge is -2.38. The highest BCUT2D eigenvalue weighted by Gasteiger charge is 2.37. The zero-order valence-corrected chi connectivity index (χ0v) is 21.8. The molecule has 2 amide bonds. The van der Waals surface area contributed by atoms with Gasteiger partial charge in [0.1, 0.15) is 5.69 Å². The second-order valence-corrected chi connectivity index (χ2v) is 9.25. The van der Waals surface area contributed by atoms with Crippen molar-refractivity contribution in [2.45, 2.75) is 13.5 Å². The molecular formula is C27H28F2N6O3. The predicted octanol–water partition coefficient (Wildman–Crippen LogP) is 4.42. The number of amides is 2. The average Bonchev–Trinajstić information content (AvgIpc) is 3.25. The quantitative estimate of drug-likeness (QED) is 0.477. The smallest absolute Gasteiger partial charge is 0.329 e. The maximum atomic E-state index is 15.5. The molecule has 0 spiro atoms. The summed E-state index contributed by atoms with van der Waals surface area (Å²) in [6.45, 7) is 2.67. The third kappa shape index (κ3) is 4.33. The Kier molecular flexibility index (Phi) is 6.52. The summed E-state index contributed by atoms with van der Waals surface area (Å²) in [5.74, 6) is -2.44. The third-order valence-electron chi connectivity index (χ3n) is 6.68. The Bertz CT molecular complexity index is 1450. The summed E-state index contributed by atoms with van der Waals surface area (Å²) in [5.41, 5.74) is 3.87. The number of ether oxygens (including phenoxy) is 2. The summed E-state index contributed by atoms with van der Waals surface area (Å²) in [6, 6.07) is 2.36. The van der Waals surface area contributed by atoms with Crippen LogP contribution in [0.1, 0.15) is 11.3 Å². The van der Waals surface area contributed by atoms with E-state index in [0.29, 0.717) is 23.5 Å². The van der Waals surface area contributed by atoms with Crippen molar-refractivity contribution in [1.82, 2.24) is 19.7 Å². The number of nitrogens with zero attached hydrogens (tertiary/aromatic N) is 6. The second-order valence-electron chi connectivity index (χ2n) is 9.25. The highest BCUT2D eigenvalue weighted by atomic mass is 19.1. The number of fused-ring (bicyclic) bond motifs is 1. The predicted molar refractivity (Wildman–Crippen MR) is 139 cm³/mol. The molecule has 2 aromatic heterocycles. The molecule has 0 saturated heterocycles. The van der Waals surface area contributed by atoms with E-state index in [1.165, 1.54) is 19.1 Å². The van der Waals surface area contributed by atoms with Crippen LogP contribution in [0.25, 0.3) is 11.3 Å². The number of likely N-dealkylation sites (N-methyl/N-ethyl adjacent to an activating group) is 1. The number of aromatic nitrogens is 3. The van der Waals surface area contributed by atoms with Crippen LogP contribution in [0.2, 0.25) is 0 Å². The lowest BCUT2D eigenvalue weighted by Crippen LogP contribution is -2.49. The van der Waals surface area contributed by atoms with Crippen molar-refractivity contribution in [2.75, 3.05) is 44.2 Å². The summed E-state index contributed by atoms with van der Waals surface area (Å²) < 4.78 is 42.8. The molecule has 0 aliphatic carbocycles. The second kappa shape index (κ2) is 9.81. The van der Waals surface area contributed by atoms with E-state index in [1.807, 2.05) is 56.5 Å². The Morgan fingerprint density at radius 2 is 1.79 bits per heavy atom. The van der Waals surface area contributed by atoms with Crippen molar-refractivity contribution in [3.8, 4) is 22.8 Å². The Morgan fingerprint density at radius 3 is 2.37 bits per heavy atom. The number of hydrogen-bond acceptors (Lipinski definition) is 6. The topological polar surface area (TPSA) is 76.0 Å². The zero-order chi connectivity index (χ0) is 27.1. The molecule has 1 aromatic carbocycles. The number of urea groups is 1. The van der Waals surface area contributed by atoms with E-state index in [9.17, 15) is 4.79 Å². The number of methoxy groups -OCH3 is 2. The lowest BCUT2D eigenvalue weighted by atomic mass is 10.0. The largest absolute Gasteiger partial charge is 0.493 e. The van der Waals surface area contributed by atoms with Crippen LogP contribution in [0, 0.1) is 18.6 Å². The van der Waals surface area contributed by atoms with Crippen LogP contribution in [0.3, 0.4) is 0 Å². The van der Waals surface area contributed by atoms with Crippen molar-refractivity contribution >= 4 is 17.4 Å². The van der Waals surface area contributed by atoms with Crippen molar-refractivity contribution in [1.29, 1.82) is 0 Å². The Labute approximate surface area is 219 Å². The molecule has 0 saturated carbocycles. The minimum atomic E-state index is -0.989. The van der Waals surface area contributed by atoms with E-state index in [0.717, 1.165) is 27.8 Å². The van der Waals surface area contributed by atoms with Gasteiger partial charge >= 0.3 is 6.03 Å². The van der Waals surface area contributed by atoms with Crippen molar-refractivity contribution in [2.24, 2.45) is 7.05 Å². The number of carbonyl (C=O) groups excluding carboxylic acids is 1. The number of hydrogen-bond donors (Lipinski definition) is 0. The maximum absolute atomic E-state index is 15.5. The van der Waals surface area contributed by atoms with Gasteiger partial charge in [-0.25, -0.2) is 13.6 Å². The van der Waals surface area contributed by atoms with Crippen molar-refractivity contribution in [3.63, 3.8) is 0 Å². The van der Waals surface area contributed by atoms with Gasteiger partial charge in [-0.05, 0) is 30.8 Å². The number of anilines is 2. The first kappa shape index (κ1) is 25.2. The molecular weight excluding hydrogens is 494 g/mol. The molecule has 0 radical (unpaired) electrons. The minimum absolute atomic E-state index is 0.0915. The summed E-state index contributed by atoms with van der Waals surface area (Å²) in [6.07, 6.45) is 9.34. The number of pyridine rings is 1. The van der Waals surface area contributed by atoms with Gasteiger partial charge in [-0.2, -0.15) is 5.10 Å². The van der Waals surface area contributed by atoms with Gasteiger partial charge in [0.15, 0.2) is 23.1 Å². The molecule has 38 heavy (non-hydrogen) atoms. The fraction of sp³-hybridized carbons (Fsp3) is 0.296. The fourth-order valence-electron chi connectivity index (χ4n) is 4.68. The monoisotopic (exact) mass is 522 g/mol. The first-order valence-electron chi connectivity index (χ1n) is 12.0. The Balaban J connectivity index is 1.64. The van der Waals surface area contributed by atoms with Crippen LogP contribution >= 0.6 is 0 Å². The molecule has 0 atom stereocenters. The van der Waals surface area contributed by atoms with Crippen LogP contribution in [-0.4, -0.2) is 60.1 Å². The third-order valence-corrected chi connectivity index (χ3v) is 6.68. The number of benzene rings is 1. The number of aryl methyl sites for hydroxylation is 2. The Morgan fingerprint density at radius 1 is 1.08 bits per heavy atom. The molecule has 4 heterocycles. The normalized spacial score (nSPS) is 15.1. The SMILES string of the molecule is COc1cc(OC)c(F)c(N2Cc3cnc(-c4cn(C)nc4C)cc3N(CC3=CCN(C)C=C3)C2=O)c1F. The van der Waals surface area contributed by atoms with Gasteiger partial charge in [0.05, 0.1) is 44.4 Å². The van der Waals surface area contributed by atoms with Gasteiger partial charge in [0, 0.05) is 50.2 Å². The van der Waals surface area contributed by atoms with E-state index >= 15 is 8.78 Å². The van der Waals surface area contributed by atoms with Gasteiger partial charge in [0.2, 0.25) is 0 Å². The molecule has 0 bridgehead atoms. The molecule has 2 aliphatic rings. The van der Waals surface area contributed by atoms with Gasteiger partial charge in [0.25, 0.3) is 0 Å². The Hall–Kier alpha value is -4.41. The highest BCUT2D eigenvalue weighted by molar-refractivity contribution is 6.07. The molecule has 0 fully saturated rings. The molecule has 0 N–H and O–H groups in total. The zero-order valence-electron chi connectivity index (χ0n) is 21.8. The average molecular weight is 523 g/mol. The van der Waals surface area contributed by atoms with Gasteiger partial charge in [-0.1, -0.05) is 6.08 Å². The molecule has 0 unspecified atom stereocenters. The first-order valence-corrected chi connectivity index (χ1v) is 12.0. The molecule has 198 valence electrons. The summed E-state index contributed by atoms with van der Waals surface area (Å²) in [4.78, 5) is 23.2. The minimum Gasteiger partial charge on any atom is -0.493 e. The van der Waals surface area contributed by atoms with Gasteiger partial charge < -0.3 is 14.4 Å².